The van der Waals surface area contributed by atoms with Crippen LogP contribution in [0, 0.1) is 22.7 Å². The Bertz CT molecular complexity index is 1270. The van der Waals surface area contributed by atoms with Gasteiger partial charge in [-0.2, -0.15) is 0 Å². The quantitative estimate of drug-likeness (QED) is 0.411. The molecule has 6 atom stereocenters. The molecule has 1 N–H and O–H groups in total. The predicted octanol–water partition coefficient (Wildman–Crippen LogP) is 6.55. The van der Waals surface area contributed by atoms with E-state index in [2.05, 4.69) is 58.9 Å². The second kappa shape index (κ2) is 8.98. The maximum Gasteiger partial charge on any atom is 0.192 e. The molecule has 3 saturated carbocycles. The van der Waals surface area contributed by atoms with Crippen LogP contribution < -0.4 is 0 Å². The van der Waals surface area contributed by atoms with Gasteiger partial charge in [-0.15, -0.1) is 0 Å². The number of rotatable bonds is 2. The van der Waals surface area contributed by atoms with Gasteiger partial charge in [0, 0.05) is 41.6 Å². The summed E-state index contributed by atoms with van der Waals surface area (Å²) in [6.07, 6.45) is 6.13. The fraction of sp³-hybridized carbons (Fsp3) is 0.743. The number of ketones is 1. The van der Waals surface area contributed by atoms with Crippen molar-refractivity contribution in [3.63, 3.8) is 0 Å². The number of hydrogen-bond donors (Lipinski definition) is 1. The van der Waals surface area contributed by atoms with Crippen molar-refractivity contribution in [3.05, 3.63) is 46.5 Å². The van der Waals surface area contributed by atoms with E-state index in [9.17, 15) is 9.90 Å². The number of aliphatic hydroxyl groups is 1. The summed E-state index contributed by atoms with van der Waals surface area (Å²) in [5, 5.41) is 12.4. The number of allylic oxidation sites excluding steroid dienone is 1. The number of benzene rings is 1. The third-order valence-electron chi connectivity index (χ3n) is 11.6. The van der Waals surface area contributed by atoms with Crippen molar-refractivity contribution in [1.29, 1.82) is 0 Å². The molecule has 5 fully saturated rings. The maximum atomic E-state index is 13.4. The highest BCUT2D eigenvalue weighted by atomic mass is 16.8. The summed E-state index contributed by atoms with van der Waals surface area (Å²) in [5.74, 6) is -0.246. The third-order valence-corrected chi connectivity index (χ3v) is 11.6. The van der Waals surface area contributed by atoms with Crippen molar-refractivity contribution in [2.45, 2.75) is 122 Å². The van der Waals surface area contributed by atoms with Crippen molar-refractivity contribution in [2.24, 2.45) is 22.7 Å². The molecule has 1 aromatic carbocycles. The van der Waals surface area contributed by atoms with Gasteiger partial charge in [-0.05, 0) is 75.8 Å². The van der Waals surface area contributed by atoms with Gasteiger partial charge in [0.05, 0.1) is 31.0 Å². The second-order valence-electron chi connectivity index (χ2n) is 15.9. The second-order valence-corrected chi connectivity index (χ2v) is 15.9. The minimum atomic E-state index is -0.926. The van der Waals surface area contributed by atoms with Gasteiger partial charge in [0.2, 0.25) is 0 Å². The Morgan fingerprint density at radius 1 is 0.854 bits per heavy atom. The van der Waals surface area contributed by atoms with Crippen LogP contribution in [0.5, 0.6) is 0 Å². The fourth-order valence-corrected chi connectivity index (χ4v) is 9.38. The standard InChI is InChI=1S/C35H48O6/c1-30(2)19-39-35(40-20-30)16-14-27-29-24(13-15-34(27,37)18-35)26-11-12-28(36)32(26,5)17-25(29)22-7-9-23(10-8-22)33(6)38-21-31(3,4)41-33/h7-10,24-26,37H,11-21H2,1-6H3/t24-,25+,26-,32-,33?,34+/m0/s1. The number of carbonyl (C=O) groups is 1. The molecule has 1 spiro atoms. The molecule has 1 aromatic rings. The molecule has 4 aliphatic carbocycles. The van der Waals surface area contributed by atoms with Crippen molar-refractivity contribution in [3.8, 4) is 0 Å². The molecule has 0 aromatic heterocycles. The lowest BCUT2D eigenvalue weighted by atomic mass is 9.51. The zero-order valence-corrected chi connectivity index (χ0v) is 25.8. The maximum absolute atomic E-state index is 13.4. The molecule has 0 bridgehead atoms. The Labute approximate surface area is 245 Å². The molecule has 224 valence electrons. The van der Waals surface area contributed by atoms with Crippen LogP contribution in [0.2, 0.25) is 0 Å². The van der Waals surface area contributed by atoms with Crippen LogP contribution in [0.25, 0.3) is 0 Å². The van der Waals surface area contributed by atoms with Crippen LogP contribution in [0.1, 0.15) is 110 Å². The van der Waals surface area contributed by atoms with Gasteiger partial charge in [0.1, 0.15) is 5.78 Å². The molecule has 6 nitrogen and oxygen atoms in total. The molecule has 0 radical (unpaired) electrons. The van der Waals surface area contributed by atoms with Crippen LogP contribution in [-0.4, -0.2) is 47.7 Å². The van der Waals surface area contributed by atoms with Crippen LogP contribution in [0.4, 0.5) is 0 Å². The minimum Gasteiger partial charge on any atom is -0.385 e. The van der Waals surface area contributed by atoms with Crippen molar-refractivity contribution >= 4 is 5.78 Å². The van der Waals surface area contributed by atoms with E-state index < -0.39 is 17.2 Å². The summed E-state index contributed by atoms with van der Waals surface area (Å²) >= 11 is 0. The molecular weight excluding hydrogens is 516 g/mol. The smallest absolute Gasteiger partial charge is 0.192 e. The monoisotopic (exact) mass is 564 g/mol. The van der Waals surface area contributed by atoms with Gasteiger partial charge in [0.15, 0.2) is 11.6 Å². The van der Waals surface area contributed by atoms with E-state index in [1.165, 1.54) is 16.7 Å². The summed E-state index contributed by atoms with van der Waals surface area (Å²) in [7, 11) is 0. The van der Waals surface area contributed by atoms with Crippen LogP contribution in [-0.2, 0) is 29.5 Å². The first-order chi connectivity index (χ1) is 19.2. The average molecular weight is 565 g/mol. The van der Waals surface area contributed by atoms with Gasteiger partial charge >= 0.3 is 0 Å². The number of hydrogen-bond acceptors (Lipinski definition) is 6. The van der Waals surface area contributed by atoms with E-state index in [1.54, 1.807) is 0 Å². The molecule has 1 unspecified atom stereocenters. The first kappa shape index (κ1) is 28.2. The number of carbonyl (C=O) groups excluding carboxylic acids is 1. The van der Waals surface area contributed by atoms with E-state index in [4.69, 9.17) is 18.9 Å². The zero-order valence-electron chi connectivity index (χ0n) is 25.8. The Balaban J connectivity index is 1.26. The van der Waals surface area contributed by atoms with Gasteiger partial charge in [0.25, 0.3) is 0 Å². The van der Waals surface area contributed by atoms with Gasteiger partial charge in [-0.1, -0.05) is 50.6 Å². The summed E-state index contributed by atoms with van der Waals surface area (Å²) in [6.45, 7) is 14.5. The van der Waals surface area contributed by atoms with Crippen LogP contribution in [0.15, 0.2) is 35.4 Å². The molecule has 2 heterocycles. The highest BCUT2D eigenvalue weighted by Crippen LogP contribution is 2.64. The highest BCUT2D eigenvalue weighted by Gasteiger charge is 2.60. The van der Waals surface area contributed by atoms with Crippen molar-refractivity contribution in [1.82, 2.24) is 0 Å². The largest absolute Gasteiger partial charge is 0.385 e. The van der Waals surface area contributed by atoms with Gasteiger partial charge in [-0.3, -0.25) is 4.79 Å². The van der Waals surface area contributed by atoms with Crippen LogP contribution in [0.3, 0.4) is 0 Å². The van der Waals surface area contributed by atoms with E-state index in [0.29, 0.717) is 56.7 Å². The van der Waals surface area contributed by atoms with Crippen LogP contribution >= 0.6 is 0 Å². The summed E-state index contributed by atoms with van der Waals surface area (Å²) in [5.41, 5.74) is 3.29. The lowest BCUT2D eigenvalue weighted by molar-refractivity contribution is -0.322. The van der Waals surface area contributed by atoms with Gasteiger partial charge < -0.3 is 24.1 Å². The molecule has 41 heavy (non-hydrogen) atoms. The molecule has 2 aliphatic heterocycles. The Hall–Kier alpha value is -1.57. The van der Waals surface area contributed by atoms with Crippen molar-refractivity contribution < 1.29 is 28.8 Å². The predicted molar refractivity (Wildman–Crippen MR) is 155 cm³/mol. The SMILES string of the molecule is CC1(C)COC2(CCC3=C4[C@@H](CC[C@@]3(O)C2)[C@@H]2CCC(=O)[C@@]2(C)C[C@@H]4c2ccc(C3(C)OCC(C)(C)O3)cc2)OC1. The molecule has 6 aliphatic rings. The first-order valence-corrected chi connectivity index (χ1v) is 15.9. The van der Waals surface area contributed by atoms with E-state index in [0.717, 1.165) is 37.7 Å². The summed E-state index contributed by atoms with van der Waals surface area (Å²) in [4.78, 5) is 13.4. The number of fused-ring (bicyclic) bond motifs is 4. The topological polar surface area (TPSA) is 74.2 Å². The number of Topliss-reactive ketones (excluding diaryl/α,β-unsaturated/α-hetero) is 1. The van der Waals surface area contributed by atoms with E-state index in [-0.39, 0.29) is 22.3 Å². The first-order valence-electron chi connectivity index (χ1n) is 15.9. The normalized spacial score (nSPS) is 42.6. The summed E-state index contributed by atoms with van der Waals surface area (Å²) < 4.78 is 25.2. The highest BCUT2D eigenvalue weighted by molar-refractivity contribution is 5.87. The lowest BCUT2D eigenvalue weighted by Gasteiger charge is -2.56. The number of ether oxygens (including phenoxy) is 4. The molecule has 7 rings (SSSR count). The molecule has 6 heteroatoms. The van der Waals surface area contributed by atoms with E-state index in [1.807, 2.05) is 6.92 Å². The van der Waals surface area contributed by atoms with Gasteiger partial charge in [-0.25, -0.2) is 0 Å². The third kappa shape index (κ3) is 4.42. The molecule has 0 amide bonds. The minimum absolute atomic E-state index is 0.00817. The zero-order chi connectivity index (χ0) is 29.1. The lowest BCUT2D eigenvalue weighted by Crippen LogP contribution is -2.57. The van der Waals surface area contributed by atoms with E-state index >= 15 is 0 Å². The Morgan fingerprint density at radius 2 is 1.56 bits per heavy atom. The molecular formula is C35H48O6. The Kier molecular flexibility index (Phi) is 6.18. The average Bonchev–Trinajstić information content (AvgIpc) is 3.39. The Morgan fingerprint density at radius 3 is 2.22 bits per heavy atom. The fourth-order valence-electron chi connectivity index (χ4n) is 9.38. The summed E-state index contributed by atoms with van der Waals surface area (Å²) in [6, 6.07) is 8.70. The molecule has 2 saturated heterocycles. The van der Waals surface area contributed by atoms with Crippen molar-refractivity contribution in [2.75, 3.05) is 19.8 Å².